The van der Waals surface area contributed by atoms with Crippen LogP contribution in [-0.4, -0.2) is 36.5 Å². The molecule has 0 aliphatic heterocycles. The summed E-state index contributed by atoms with van der Waals surface area (Å²) in [7, 11) is 0. The van der Waals surface area contributed by atoms with E-state index in [1.807, 2.05) is 5.43 Å². The second kappa shape index (κ2) is 7.52. The predicted molar refractivity (Wildman–Crippen MR) is 67.7 cm³/mol. The topological polar surface area (TPSA) is 96.5 Å². The fraction of sp³-hybridized carbons (Fsp3) is 0.583. The Bertz CT molecular complexity index is 366. The number of amides is 3. The lowest BCUT2D eigenvalue weighted by Gasteiger charge is -2.13. The molecule has 0 spiro atoms. The molecule has 0 aromatic carbocycles. The highest BCUT2D eigenvalue weighted by molar-refractivity contribution is 6.35. The van der Waals surface area contributed by atoms with Crippen LogP contribution >= 0.6 is 0 Å². The Labute approximate surface area is 111 Å². The number of ether oxygens (including phenoxy) is 1. The highest BCUT2D eigenvalue weighted by Crippen LogP contribution is 2.18. The van der Waals surface area contributed by atoms with Gasteiger partial charge in [-0.2, -0.15) is 0 Å². The molecule has 1 saturated carbocycles. The molecule has 19 heavy (non-hydrogen) atoms. The third kappa shape index (κ3) is 6.01. The van der Waals surface area contributed by atoms with Crippen LogP contribution in [0.3, 0.4) is 0 Å². The van der Waals surface area contributed by atoms with Crippen LogP contribution in [0.4, 0.5) is 0 Å². The summed E-state index contributed by atoms with van der Waals surface area (Å²) in [5, 5.41) is 2.50. The van der Waals surface area contributed by atoms with E-state index in [4.69, 9.17) is 4.74 Å². The van der Waals surface area contributed by atoms with Gasteiger partial charge in [0.1, 0.15) is 6.10 Å². The first-order chi connectivity index (χ1) is 9.04. The molecule has 1 rings (SSSR count). The molecule has 1 unspecified atom stereocenters. The van der Waals surface area contributed by atoms with Gasteiger partial charge in [0.25, 0.3) is 5.91 Å². The third-order valence-corrected chi connectivity index (χ3v) is 2.48. The van der Waals surface area contributed by atoms with E-state index in [9.17, 15) is 14.4 Å². The highest BCUT2D eigenvalue weighted by Gasteiger charge is 2.26. The van der Waals surface area contributed by atoms with Gasteiger partial charge in [0, 0.05) is 6.04 Å². The molecule has 0 saturated heterocycles. The monoisotopic (exact) mass is 269 g/mol. The molecular weight excluding hydrogens is 250 g/mol. The molecule has 106 valence electrons. The van der Waals surface area contributed by atoms with E-state index in [2.05, 4.69) is 17.3 Å². The van der Waals surface area contributed by atoms with Gasteiger partial charge in [-0.25, -0.2) is 0 Å². The van der Waals surface area contributed by atoms with Crippen LogP contribution in [0.15, 0.2) is 12.7 Å². The number of carbonyl (C=O) groups excluding carboxylic acids is 3. The van der Waals surface area contributed by atoms with Crippen LogP contribution in [0, 0.1) is 0 Å². The molecule has 0 bridgehead atoms. The lowest BCUT2D eigenvalue weighted by molar-refractivity contribution is -0.142. The van der Waals surface area contributed by atoms with Crippen LogP contribution in [0.25, 0.3) is 0 Å². The summed E-state index contributed by atoms with van der Waals surface area (Å²) in [6, 6.07) is 0.0927. The average molecular weight is 269 g/mol. The minimum Gasteiger partial charge on any atom is -0.368 e. The summed E-state index contributed by atoms with van der Waals surface area (Å²) in [6.45, 7) is 5.45. The molecule has 1 atom stereocenters. The van der Waals surface area contributed by atoms with Gasteiger partial charge in [-0.1, -0.05) is 6.08 Å². The van der Waals surface area contributed by atoms with Crippen LogP contribution in [0.5, 0.6) is 0 Å². The first kappa shape index (κ1) is 15.2. The minimum atomic E-state index is -0.890. The van der Waals surface area contributed by atoms with Crippen molar-refractivity contribution in [3.05, 3.63) is 12.7 Å². The van der Waals surface area contributed by atoms with Gasteiger partial charge in [0.2, 0.25) is 0 Å². The predicted octanol–water partition coefficient (Wildman–Crippen LogP) is -0.606. The zero-order chi connectivity index (χ0) is 14.3. The van der Waals surface area contributed by atoms with E-state index in [0.29, 0.717) is 13.0 Å². The van der Waals surface area contributed by atoms with Crippen LogP contribution in [0.1, 0.15) is 26.2 Å². The van der Waals surface area contributed by atoms with Crippen LogP contribution in [0.2, 0.25) is 0 Å². The minimum absolute atomic E-state index is 0.0927. The third-order valence-electron chi connectivity index (χ3n) is 2.48. The standard InChI is InChI=1S/C12H19N3O4/c1-3-4-7-19-8(2)10(16)14-15-12(18)11(17)13-9-5-6-9/h3,8-9H,1,4-7H2,2H3,(H,13,17)(H,14,16)(H,15,18). The maximum Gasteiger partial charge on any atom is 0.327 e. The van der Waals surface area contributed by atoms with Crippen molar-refractivity contribution in [1.82, 2.24) is 16.2 Å². The van der Waals surface area contributed by atoms with Crippen molar-refractivity contribution < 1.29 is 19.1 Å². The van der Waals surface area contributed by atoms with Crippen molar-refractivity contribution in [2.75, 3.05) is 6.61 Å². The SMILES string of the molecule is C=CCCOC(C)C(=O)NNC(=O)C(=O)NC1CC1. The molecule has 0 heterocycles. The molecule has 7 nitrogen and oxygen atoms in total. The second-order valence-electron chi connectivity index (χ2n) is 4.28. The number of rotatable bonds is 6. The molecule has 3 N–H and O–H groups in total. The average Bonchev–Trinajstić information content (AvgIpc) is 3.19. The number of carbonyl (C=O) groups is 3. The quantitative estimate of drug-likeness (QED) is 0.259. The Morgan fingerprint density at radius 3 is 2.58 bits per heavy atom. The summed E-state index contributed by atoms with van der Waals surface area (Å²) < 4.78 is 5.18. The van der Waals surface area contributed by atoms with Crippen molar-refractivity contribution in [1.29, 1.82) is 0 Å². The summed E-state index contributed by atoms with van der Waals surface area (Å²) in [5.74, 6) is -2.15. The van der Waals surface area contributed by atoms with E-state index in [1.165, 1.54) is 0 Å². The normalized spacial score (nSPS) is 15.2. The van der Waals surface area contributed by atoms with Crippen LogP contribution < -0.4 is 16.2 Å². The Kier molecular flexibility index (Phi) is 6.01. The van der Waals surface area contributed by atoms with Gasteiger partial charge in [0.05, 0.1) is 6.61 Å². The van der Waals surface area contributed by atoms with Crippen LogP contribution in [-0.2, 0) is 19.1 Å². The van der Waals surface area contributed by atoms with E-state index in [-0.39, 0.29) is 6.04 Å². The Balaban J connectivity index is 2.18. The summed E-state index contributed by atoms with van der Waals surface area (Å²) >= 11 is 0. The number of hydrazine groups is 1. The fourth-order valence-electron chi connectivity index (χ4n) is 1.16. The number of hydrogen-bond acceptors (Lipinski definition) is 4. The molecule has 0 aromatic heterocycles. The van der Waals surface area contributed by atoms with E-state index in [0.717, 1.165) is 12.8 Å². The van der Waals surface area contributed by atoms with Gasteiger partial charge in [0.15, 0.2) is 0 Å². The van der Waals surface area contributed by atoms with E-state index in [1.54, 1.807) is 13.0 Å². The first-order valence-corrected chi connectivity index (χ1v) is 6.17. The zero-order valence-corrected chi connectivity index (χ0v) is 10.9. The summed E-state index contributed by atoms with van der Waals surface area (Å²) in [5.41, 5.74) is 4.17. The van der Waals surface area contributed by atoms with E-state index < -0.39 is 23.8 Å². The van der Waals surface area contributed by atoms with Gasteiger partial charge >= 0.3 is 11.8 Å². The highest BCUT2D eigenvalue weighted by atomic mass is 16.5. The van der Waals surface area contributed by atoms with Crippen molar-refractivity contribution in [2.24, 2.45) is 0 Å². The molecule has 0 radical (unpaired) electrons. The van der Waals surface area contributed by atoms with Gasteiger partial charge in [-0.05, 0) is 26.2 Å². The maximum atomic E-state index is 11.5. The lowest BCUT2D eigenvalue weighted by atomic mass is 10.4. The number of nitrogens with one attached hydrogen (secondary N) is 3. The Morgan fingerprint density at radius 2 is 2.00 bits per heavy atom. The van der Waals surface area contributed by atoms with Gasteiger partial charge in [-0.15, -0.1) is 6.58 Å². The van der Waals surface area contributed by atoms with Gasteiger partial charge in [-0.3, -0.25) is 25.2 Å². The number of hydrogen-bond donors (Lipinski definition) is 3. The molecule has 0 aromatic rings. The van der Waals surface area contributed by atoms with Crippen molar-refractivity contribution >= 4 is 17.7 Å². The molecule has 3 amide bonds. The fourth-order valence-corrected chi connectivity index (χ4v) is 1.16. The molecular formula is C12H19N3O4. The molecule has 1 aliphatic rings. The van der Waals surface area contributed by atoms with Gasteiger partial charge < -0.3 is 10.1 Å². The van der Waals surface area contributed by atoms with Crippen molar-refractivity contribution in [3.8, 4) is 0 Å². The van der Waals surface area contributed by atoms with Crippen molar-refractivity contribution in [3.63, 3.8) is 0 Å². The van der Waals surface area contributed by atoms with E-state index >= 15 is 0 Å². The lowest BCUT2D eigenvalue weighted by Crippen LogP contribution is -2.51. The summed E-state index contributed by atoms with van der Waals surface area (Å²) in [4.78, 5) is 34.1. The Morgan fingerprint density at radius 1 is 1.32 bits per heavy atom. The Hall–Kier alpha value is -1.89. The smallest absolute Gasteiger partial charge is 0.327 e. The second-order valence-corrected chi connectivity index (χ2v) is 4.28. The largest absolute Gasteiger partial charge is 0.368 e. The first-order valence-electron chi connectivity index (χ1n) is 6.17. The molecule has 1 fully saturated rings. The summed E-state index contributed by atoms with van der Waals surface area (Å²) in [6.07, 6.45) is 3.37. The van der Waals surface area contributed by atoms with Crippen molar-refractivity contribution in [2.45, 2.75) is 38.3 Å². The maximum absolute atomic E-state index is 11.5. The molecule has 1 aliphatic carbocycles. The molecule has 7 heteroatoms. The zero-order valence-electron chi connectivity index (χ0n) is 10.9.